The van der Waals surface area contributed by atoms with Crippen molar-refractivity contribution in [1.29, 1.82) is 0 Å². The SMILES string of the molecule is Cc1cc(C)n(-c2cncc(N3CCC(Oc4ccccc4Cl)CC3)n2)n1. The average molecular weight is 384 g/mol. The number of aryl methyl sites for hydroxylation is 2. The van der Waals surface area contributed by atoms with E-state index in [-0.39, 0.29) is 6.10 Å². The van der Waals surface area contributed by atoms with Gasteiger partial charge in [0.15, 0.2) is 5.82 Å². The zero-order valence-electron chi connectivity index (χ0n) is 15.5. The van der Waals surface area contributed by atoms with Crippen LogP contribution in [0.3, 0.4) is 0 Å². The van der Waals surface area contributed by atoms with Crippen molar-refractivity contribution >= 4 is 17.4 Å². The molecule has 1 aliphatic heterocycles. The van der Waals surface area contributed by atoms with Crippen molar-refractivity contribution in [3.05, 3.63) is 59.1 Å². The van der Waals surface area contributed by atoms with Crippen LogP contribution in [-0.4, -0.2) is 38.9 Å². The van der Waals surface area contributed by atoms with Crippen LogP contribution in [0.5, 0.6) is 5.75 Å². The smallest absolute Gasteiger partial charge is 0.174 e. The van der Waals surface area contributed by atoms with E-state index < -0.39 is 0 Å². The molecule has 3 heterocycles. The monoisotopic (exact) mass is 383 g/mol. The Kier molecular flexibility index (Phi) is 4.99. The zero-order chi connectivity index (χ0) is 18.8. The van der Waals surface area contributed by atoms with Crippen molar-refractivity contribution in [2.24, 2.45) is 0 Å². The molecule has 27 heavy (non-hydrogen) atoms. The van der Waals surface area contributed by atoms with E-state index in [0.29, 0.717) is 5.02 Å². The molecule has 0 amide bonds. The molecular weight excluding hydrogens is 362 g/mol. The van der Waals surface area contributed by atoms with E-state index in [1.165, 1.54) is 0 Å². The topological polar surface area (TPSA) is 56.1 Å². The van der Waals surface area contributed by atoms with Gasteiger partial charge < -0.3 is 9.64 Å². The molecular formula is C20H22ClN5O. The summed E-state index contributed by atoms with van der Waals surface area (Å²) >= 11 is 6.20. The second-order valence-corrected chi connectivity index (χ2v) is 7.22. The van der Waals surface area contributed by atoms with Gasteiger partial charge in [0.05, 0.1) is 23.1 Å². The number of halogens is 1. The van der Waals surface area contributed by atoms with Crippen LogP contribution in [0.1, 0.15) is 24.2 Å². The third-order valence-corrected chi connectivity index (χ3v) is 5.04. The molecule has 0 radical (unpaired) electrons. The minimum absolute atomic E-state index is 0.160. The lowest BCUT2D eigenvalue weighted by atomic mass is 10.1. The molecule has 7 heteroatoms. The van der Waals surface area contributed by atoms with Gasteiger partial charge in [-0.05, 0) is 32.0 Å². The predicted molar refractivity (Wildman–Crippen MR) is 106 cm³/mol. The highest BCUT2D eigenvalue weighted by Crippen LogP contribution is 2.27. The molecule has 0 saturated carbocycles. The number of rotatable bonds is 4. The average Bonchev–Trinajstić information content (AvgIpc) is 3.02. The van der Waals surface area contributed by atoms with Gasteiger partial charge in [0.2, 0.25) is 0 Å². The van der Waals surface area contributed by atoms with Crippen molar-refractivity contribution in [2.75, 3.05) is 18.0 Å². The molecule has 1 aliphatic rings. The maximum Gasteiger partial charge on any atom is 0.174 e. The Bertz CT molecular complexity index is 934. The van der Waals surface area contributed by atoms with Gasteiger partial charge in [0, 0.05) is 31.6 Å². The number of piperidine rings is 1. The Labute approximate surface area is 163 Å². The Balaban J connectivity index is 1.43. The Morgan fingerprint density at radius 1 is 1.07 bits per heavy atom. The first-order valence-corrected chi connectivity index (χ1v) is 9.50. The van der Waals surface area contributed by atoms with Gasteiger partial charge in [-0.25, -0.2) is 9.67 Å². The van der Waals surface area contributed by atoms with Gasteiger partial charge in [0.25, 0.3) is 0 Å². The van der Waals surface area contributed by atoms with Crippen LogP contribution in [0.2, 0.25) is 5.02 Å². The largest absolute Gasteiger partial charge is 0.489 e. The highest BCUT2D eigenvalue weighted by molar-refractivity contribution is 6.32. The third-order valence-electron chi connectivity index (χ3n) is 4.73. The fourth-order valence-electron chi connectivity index (χ4n) is 3.38. The van der Waals surface area contributed by atoms with Crippen LogP contribution in [0.25, 0.3) is 5.82 Å². The first-order valence-electron chi connectivity index (χ1n) is 9.12. The quantitative estimate of drug-likeness (QED) is 0.682. The van der Waals surface area contributed by atoms with E-state index in [4.69, 9.17) is 21.3 Å². The summed E-state index contributed by atoms with van der Waals surface area (Å²) in [7, 11) is 0. The molecule has 0 N–H and O–H groups in total. The molecule has 2 aromatic heterocycles. The summed E-state index contributed by atoms with van der Waals surface area (Å²) in [4.78, 5) is 11.4. The van der Waals surface area contributed by atoms with Crippen molar-refractivity contribution in [2.45, 2.75) is 32.8 Å². The van der Waals surface area contributed by atoms with Crippen molar-refractivity contribution in [3.63, 3.8) is 0 Å². The number of benzene rings is 1. The molecule has 140 valence electrons. The lowest BCUT2D eigenvalue weighted by Crippen LogP contribution is -2.38. The second-order valence-electron chi connectivity index (χ2n) is 6.81. The molecule has 0 aliphatic carbocycles. The minimum Gasteiger partial charge on any atom is -0.489 e. The molecule has 6 nitrogen and oxygen atoms in total. The number of aromatic nitrogens is 4. The summed E-state index contributed by atoms with van der Waals surface area (Å²) in [6.45, 7) is 5.73. The van der Waals surface area contributed by atoms with Crippen LogP contribution in [0.4, 0.5) is 5.82 Å². The maximum atomic E-state index is 6.20. The third kappa shape index (κ3) is 3.90. The molecule has 0 spiro atoms. The summed E-state index contributed by atoms with van der Waals surface area (Å²) in [5.41, 5.74) is 2.02. The lowest BCUT2D eigenvalue weighted by molar-refractivity contribution is 0.171. The van der Waals surface area contributed by atoms with Crippen molar-refractivity contribution in [1.82, 2.24) is 19.7 Å². The Hall–Kier alpha value is -2.60. The summed E-state index contributed by atoms with van der Waals surface area (Å²) in [5, 5.41) is 5.15. The van der Waals surface area contributed by atoms with E-state index in [9.17, 15) is 0 Å². The highest BCUT2D eigenvalue weighted by Gasteiger charge is 2.22. The number of hydrogen-bond donors (Lipinski definition) is 0. The molecule has 3 aromatic rings. The molecule has 0 atom stereocenters. The normalized spacial score (nSPS) is 15.1. The van der Waals surface area contributed by atoms with Crippen LogP contribution < -0.4 is 9.64 Å². The predicted octanol–water partition coefficient (Wildman–Crippen LogP) is 3.98. The Morgan fingerprint density at radius 2 is 1.81 bits per heavy atom. The maximum absolute atomic E-state index is 6.20. The minimum atomic E-state index is 0.160. The van der Waals surface area contributed by atoms with E-state index >= 15 is 0 Å². The first kappa shape index (κ1) is 17.8. The summed E-state index contributed by atoms with van der Waals surface area (Å²) in [6, 6.07) is 9.65. The summed E-state index contributed by atoms with van der Waals surface area (Å²) in [6.07, 6.45) is 5.54. The fraction of sp³-hybridized carbons (Fsp3) is 0.350. The highest BCUT2D eigenvalue weighted by atomic mass is 35.5. The van der Waals surface area contributed by atoms with Gasteiger partial charge in [0.1, 0.15) is 17.7 Å². The molecule has 0 bridgehead atoms. The van der Waals surface area contributed by atoms with Gasteiger partial charge >= 0.3 is 0 Å². The van der Waals surface area contributed by atoms with Crippen LogP contribution in [0.15, 0.2) is 42.7 Å². The molecule has 1 aromatic carbocycles. The van der Waals surface area contributed by atoms with Gasteiger partial charge in [-0.3, -0.25) is 4.98 Å². The summed E-state index contributed by atoms with van der Waals surface area (Å²) in [5.74, 6) is 2.37. The van der Waals surface area contributed by atoms with E-state index in [2.05, 4.69) is 15.0 Å². The van der Waals surface area contributed by atoms with Gasteiger partial charge in [-0.1, -0.05) is 23.7 Å². The fourth-order valence-corrected chi connectivity index (χ4v) is 3.56. The van der Waals surface area contributed by atoms with Crippen molar-refractivity contribution in [3.8, 4) is 11.6 Å². The molecule has 1 fully saturated rings. The number of nitrogens with zero attached hydrogens (tertiary/aromatic N) is 5. The van der Waals surface area contributed by atoms with Crippen LogP contribution in [0, 0.1) is 13.8 Å². The molecule has 0 unspecified atom stereocenters. The number of hydrogen-bond acceptors (Lipinski definition) is 5. The lowest BCUT2D eigenvalue weighted by Gasteiger charge is -2.33. The zero-order valence-corrected chi connectivity index (χ0v) is 16.2. The van der Waals surface area contributed by atoms with Gasteiger partial charge in [-0.15, -0.1) is 0 Å². The van der Waals surface area contributed by atoms with E-state index in [0.717, 1.165) is 54.7 Å². The van der Waals surface area contributed by atoms with Crippen LogP contribution in [-0.2, 0) is 0 Å². The standard InChI is InChI=1S/C20H22ClN5O/c1-14-11-15(2)26(24-14)20-13-22-12-19(23-20)25-9-7-16(8-10-25)27-18-6-4-3-5-17(18)21/h3-6,11-13,16H,7-10H2,1-2H3. The molecule has 4 rings (SSSR count). The van der Waals surface area contributed by atoms with E-state index in [1.807, 2.05) is 55.1 Å². The molecule has 1 saturated heterocycles. The number of ether oxygens (including phenoxy) is 1. The van der Waals surface area contributed by atoms with E-state index in [1.54, 1.807) is 6.20 Å². The van der Waals surface area contributed by atoms with Gasteiger partial charge in [-0.2, -0.15) is 5.10 Å². The number of para-hydroxylation sites is 1. The van der Waals surface area contributed by atoms with Crippen LogP contribution >= 0.6 is 11.6 Å². The summed E-state index contributed by atoms with van der Waals surface area (Å²) < 4.78 is 7.91. The second kappa shape index (κ2) is 7.56. The Morgan fingerprint density at radius 3 is 2.52 bits per heavy atom. The first-order chi connectivity index (χ1) is 13.1. The number of anilines is 1. The van der Waals surface area contributed by atoms with Crippen molar-refractivity contribution < 1.29 is 4.74 Å².